The number of nitrogens with two attached hydrogens (primary N) is 1. The van der Waals surface area contributed by atoms with Crippen LogP contribution in [-0.4, -0.2) is 13.0 Å². The lowest BCUT2D eigenvalue weighted by Crippen LogP contribution is -2.00. The molecule has 0 aromatic heterocycles. The molecule has 0 bridgehead atoms. The van der Waals surface area contributed by atoms with Gasteiger partial charge in [-0.2, -0.15) is 0 Å². The molecule has 0 saturated heterocycles. The number of hydrogen-bond acceptors (Lipinski definition) is 4. The molecule has 72 valence electrons. The summed E-state index contributed by atoms with van der Waals surface area (Å²) in [6.07, 6.45) is 0. The molecule has 0 atom stereocenters. The topological polar surface area (TPSA) is 83.2 Å². The molecule has 1 aromatic carbocycles. The maximum Gasteiger partial charge on any atom is 0.124 e. The normalized spacial score (nSPS) is 11.6. The lowest BCUT2D eigenvalue weighted by atomic mass is 10.3. The van der Waals surface area contributed by atoms with Crippen LogP contribution in [0.25, 0.3) is 0 Å². The molecule has 1 rings (SSSR count). The van der Waals surface area contributed by atoms with E-state index in [1.54, 1.807) is 0 Å². The van der Waals surface area contributed by atoms with E-state index in [4.69, 9.17) is 28.9 Å². The third kappa shape index (κ3) is 2.25. The van der Waals surface area contributed by atoms with Crippen molar-refractivity contribution in [3.05, 3.63) is 22.2 Å². The van der Waals surface area contributed by atoms with Crippen molar-refractivity contribution in [2.75, 3.05) is 5.73 Å². The van der Waals surface area contributed by atoms with Crippen molar-refractivity contribution < 1.29 is 13.0 Å². The van der Waals surface area contributed by atoms with Gasteiger partial charge in [-0.1, -0.05) is 23.2 Å². The lowest BCUT2D eigenvalue weighted by molar-refractivity contribution is 0.463. The minimum atomic E-state index is -4.54. The highest BCUT2D eigenvalue weighted by atomic mass is 35.5. The first-order valence-corrected chi connectivity index (χ1v) is 5.19. The Morgan fingerprint density at radius 3 is 1.92 bits per heavy atom. The maximum atomic E-state index is 10.5. The van der Waals surface area contributed by atoms with Crippen molar-refractivity contribution in [3.8, 4) is 0 Å². The quantitative estimate of drug-likeness (QED) is 0.596. The summed E-state index contributed by atoms with van der Waals surface area (Å²) in [6, 6.07) is 1.93. The van der Waals surface area contributed by atoms with Crippen molar-refractivity contribution in [2.45, 2.75) is 4.90 Å². The second-order valence-corrected chi connectivity index (χ2v) is 4.45. The molecule has 0 aliphatic carbocycles. The highest BCUT2D eigenvalue weighted by Crippen LogP contribution is 2.30. The molecule has 0 amide bonds. The van der Waals surface area contributed by atoms with Crippen molar-refractivity contribution in [3.63, 3.8) is 0 Å². The first kappa shape index (κ1) is 10.6. The summed E-state index contributed by atoms with van der Waals surface area (Å²) in [6.45, 7) is 0. The standard InChI is InChI=1S/C6H5Cl2NO3S/c7-4-1-3(13(10,11)12)2-5(8)6(4)9/h1-2H,9H2,(H,10,11,12)/p-1. The lowest BCUT2D eigenvalue weighted by Gasteiger charge is -2.09. The van der Waals surface area contributed by atoms with E-state index >= 15 is 0 Å². The predicted octanol–water partition coefficient (Wildman–Crippen LogP) is 1.48. The van der Waals surface area contributed by atoms with Gasteiger partial charge in [0.05, 0.1) is 20.6 Å². The third-order valence-corrected chi connectivity index (χ3v) is 2.78. The number of anilines is 1. The van der Waals surface area contributed by atoms with Crippen LogP contribution >= 0.6 is 23.2 Å². The summed E-state index contributed by atoms with van der Waals surface area (Å²) in [4.78, 5) is -0.489. The van der Waals surface area contributed by atoms with Gasteiger partial charge in [-0.3, -0.25) is 0 Å². The average molecular weight is 241 g/mol. The molecule has 1 aromatic rings. The van der Waals surface area contributed by atoms with Gasteiger partial charge >= 0.3 is 0 Å². The van der Waals surface area contributed by atoms with Gasteiger partial charge in [0.1, 0.15) is 10.1 Å². The zero-order valence-electron chi connectivity index (χ0n) is 6.12. The molecule has 0 saturated carbocycles. The molecule has 0 aliphatic heterocycles. The Labute approximate surface area is 85.0 Å². The monoisotopic (exact) mass is 240 g/mol. The Morgan fingerprint density at radius 1 is 1.23 bits per heavy atom. The van der Waals surface area contributed by atoms with Crippen LogP contribution in [0.2, 0.25) is 10.0 Å². The van der Waals surface area contributed by atoms with Crippen LogP contribution in [0.5, 0.6) is 0 Å². The van der Waals surface area contributed by atoms with Crippen LogP contribution in [0.3, 0.4) is 0 Å². The Kier molecular flexibility index (Phi) is 2.72. The SMILES string of the molecule is Nc1c(Cl)cc(S(=O)(=O)[O-])cc1Cl. The van der Waals surface area contributed by atoms with Crippen molar-refractivity contribution in [1.82, 2.24) is 0 Å². The smallest absolute Gasteiger partial charge is 0.124 e. The molecule has 0 aliphatic rings. The first-order chi connectivity index (χ1) is 5.82. The summed E-state index contributed by atoms with van der Waals surface area (Å²) < 4.78 is 31.6. The van der Waals surface area contributed by atoms with Crippen LogP contribution in [0.15, 0.2) is 17.0 Å². The van der Waals surface area contributed by atoms with Gasteiger partial charge < -0.3 is 10.3 Å². The predicted molar refractivity (Wildman–Crippen MR) is 48.8 cm³/mol. The molecule has 7 heteroatoms. The van der Waals surface area contributed by atoms with Gasteiger partial charge in [0.2, 0.25) is 0 Å². The molecule has 0 radical (unpaired) electrons. The summed E-state index contributed by atoms with van der Waals surface area (Å²) in [5, 5.41) is -0.108. The highest BCUT2D eigenvalue weighted by Gasteiger charge is 2.08. The number of halogens is 2. The van der Waals surface area contributed by atoms with Crippen LogP contribution in [-0.2, 0) is 10.1 Å². The highest BCUT2D eigenvalue weighted by molar-refractivity contribution is 7.85. The molecule has 0 unspecified atom stereocenters. The van der Waals surface area contributed by atoms with Gasteiger partial charge in [0.25, 0.3) is 0 Å². The Balaban J connectivity index is 3.47. The Morgan fingerprint density at radius 2 is 1.62 bits per heavy atom. The maximum absolute atomic E-state index is 10.5. The summed E-state index contributed by atoms with van der Waals surface area (Å²) >= 11 is 11.0. The Bertz CT molecular complexity index is 420. The van der Waals surface area contributed by atoms with E-state index in [0.29, 0.717) is 0 Å². The fourth-order valence-electron chi connectivity index (χ4n) is 0.705. The van der Waals surface area contributed by atoms with Crippen molar-refractivity contribution >= 4 is 39.0 Å². The number of nitrogen functional groups attached to an aromatic ring is 1. The molecular formula is C6H4Cl2NO3S-. The molecule has 0 heterocycles. The molecule has 0 fully saturated rings. The average Bonchev–Trinajstić information content (AvgIpc) is 1.97. The van der Waals surface area contributed by atoms with Crippen LogP contribution in [0, 0.1) is 0 Å². The van der Waals surface area contributed by atoms with E-state index in [2.05, 4.69) is 0 Å². The van der Waals surface area contributed by atoms with E-state index in [9.17, 15) is 13.0 Å². The van der Waals surface area contributed by atoms with Crippen molar-refractivity contribution in [1.29, 1.82) is 0 Å². The minimum Gasteiger partial charge on any atom is -0.744 e. The molecule has 0 spiro atoms. The van der Waals surface area contributed by atoms with Gasteiger partial charge in [0, 0.05) is 0 Å². The molecule has 13 heavy (non-hydrogen) atoms. The first-order valence-electron chi connectivity index (χ1n) is 3.03. The van der Waals surface area contributed by atoms with Crippen LogP contribution in [0.1, 0.15) is 0 Å². The zero-order valence-corrected chi connectivity index (χ0v) is 8.45. The summed E-state index contributed by atoms with van der Waals surface area (Å²) in [7, 11) is -4.54. The largest absolute Gasteiger partial charge is 0.744 e. The fourth-order valence-corrected chi connectivity index (χ4v) is 1.85. The van der Waals surface area contributed by atoms with E-state index in [1.807, 2.05) is 0 Å². The van der Waals surface area contributed by atoms with Gasteiger partial charge in [-0.25, -0.2) is 8.42 Å². The summed E-state index contributed by atoms with van der Waals surface area (Å²) in [5.74, 6) is 0. The minimum absolute atomic E-state index is 0.0516. The second-order valence-electron chi connectivity index (χ2n) is 2.25. The van der Waals surface area contributed by atoms with E-state index in [0.717, 1.165) is 12.1 Å². The molecule has 2 N–H and O–H groups in total. The van der Waals surface area contributed by atoms with Crippen LogP contribution < -0.4 is 5.73 Å². The number of benzene rings is 1. The number of rotatable bonds is 1. The summed E-state index contributed by atoms with van der Waals surface area (Å²) in [5.41, 5.74) is 5.38. The van der Waals surface area contributed by atoms with E-state index in [1.165, 1.54) is 0 Å². The Hall–Kier alpha value is -0.490. The van der Waals surface area contributed by atoms with Gasteiger partial charge in [-0.15, -0.1) is 0 Å². The second kappa shape index (κ2) is 3.34. The third-order valence-electron chi connectivity index (χ3n) is 1.34. The fraction of sp³-hybridized carbons (Fsp3) is 0. The number of hydrogen-bond donors (Lipinski definition) is 1. The molecular weight excluding hydrogens is 237 g/mol. The van der Waals surface area contributed by atoms with Gasteiger partial charge in [0.15, 0.2) is 0 Å². The molecule has 4 nitrogen and oxygen atoms in total. The van der Waals surface area contributed by atoms with Crippen LogP contribution in [0.4, 0.5) is 5.69 Å². The van der Waals surface area contributed by atoms with Gasteiger partial charge in [-0.05, 0) is 12.1 Å². The van der Waals surface area contributed by atoms with E-state index < -0.39 is 15.0 Å². The van der Waals surface area contributed by atoms with E-state index in [-0.39, 0.29) is 15.7 Å². The van der Waals surface area contributed by atoms with Crippen molar-refractivity contribution in [2.24, 2.45) is 0 Å². The zero-order chi connectivity index (χ0) is 10.2.